The first-order valence-corrected chi connectivity index (χ1v) is 11.3. The summed E-state index contributed by atoms with van der Waals surface area (Å²) < 4.78 is 4.88. The molecule has 174 valence electrons. The standard InChI is InChI=1S/2C8H10.C7H7Cl.C7H9NO/c1-7-3-5-8(2)6-4-7;1-7-4-3-5-8(2)6-7;1-6-3-2-4-7(8)5-6;1-6-3-4-8-7(5-6)9-2/h2*3-6H,1-2H3;2-5H,1H3;3-5H,1-2H3. The summed E-state index contributed by atoms with van der Waals surface area (Å²) in [6.45, 7) is 12.4. The summed E-state index contributed by atoms with van der Waals surface area (Å²) in [6.07, 6.45) is 1.73. The number of methoxy groups -OCH3 is 1. The highest BCUT2D eigenvalue weighted by molar-refractivity contribution is 6.30. The summed E-state index contributed by atoms with van der Waals surface area (Å²) in [7, 11) is 1.61. The van der Waals surface area contributed by atoms with Gasteiger partial charge in [-0.25, -0.2) is 4.98 Å². The lowest BCUT2D eigenvalue weighted by Crippen LogP contribution is -1.85. The van der Waals surface area contributed by atoms with E-state index in [1.807, 2.05) is 50.2 Å². The molecule has 0 aliphatic rings. The Bertz CT molecular complexity index is 975. The Morgan fingerprint density at radius 1 is 0.545 bits per heavy atom. The lowest BCUT2D eigenvalue weighted by atomic mass is 10.2. The van der Waals surface area contributed by atoms with Crippen molar-refractivity contribution in [2.75, 3.05) is 7.11 Å². The van der Waals surface area contributed by atoms with Gasteiger partial charge in [-0.15, -0.1) is 0 Å². The van der Waals surface area contributed by atoms with Crippen molar-refractivity contribution in [1.82, 2.24) is 4.98 Å². The molecule has 0 radical (unpaired) electrons. The molecule has 3 heteroatoms. The van der Waals surface area contributed by atoms with Gasteiger partial charge in [0.2, 0.25) is 5.88 Å². The van der Waals surface area contributed by atoms with Crippen LogP contribution in [-0.2, 0) is 0 Å². The number of ether oxygens (including phenoxy) is 1. The Labute approximate surface area is 205 Å². The van der Waals surface area contributed by atoms with E-state index < -0.39 is 0 Å². The normalized spacial score (nSPS) is 9.21. The molecule has 0 amide bonds. The van der Waals surface area contributed by atoms with Crippen LogP contribution in [0.2, 0.25) is 5.02 Å². The predicted octanol–water partition coefficient (Wildman–Crippen LogP) is 8.65. The van der Waals surface area contributed by atoms with Crippen molar-refractivity contribution >= 4 is 11.6 Å². The van der Waals surface area contributed by atoms with Crippen LogP contribution in [0.4, 0.5) is 0 Å². The molecule has 0 fully saturated rings. The number of hydrogen-bond acceptors (Lipinski definition) is 2. The molecule has 0 atom stereocenters. The molecule has 0 saturated heterocycles. The molecule has 0 bridgehead atoms. The second-order valence-electron chi connectivity index (χ2n) is 7.99. The number of aryl methyl sites for hydroxylation is 6. The molecule has 4 aromatic rings. The number of halogens is 1. The summed E-state index contributed by atoms with van der Waals surface area (Å²) >= 11 is 5.64. The van der Waals surface area contributed by atoms with E-state index in [1.54, 1.807) is 13.3 Å². The van der Waals surface area contributed by atoms with Crippen LogP contribution in [0.3, 0.4) is 0 Å². The molecular formula is C30H36ClNO. The van der Waals surface area contributed by atoms with Crippen molar-refractivity contribution in [3.63, 3.8) is 0 Å². The van der Waals surface area contributed by atoms with Gasteiger partial charge in [-0.3, -0.25) is 0 Å². The van der Waals surface area contributed by atoms with Gasteiger partial charge in [0.1, 0.15) is 0 Å². The molecule has 0 aliphatic heterocycles. The largest absolute Gasteiger partial charge is 0.481 e. The van der Waals surface area contributed by atoms with Gasteiger partial charge < -0.3 is 4.74 Å². The van der Waals surface area contributed by atoms with Crippen LogP contribution in [0.5, 0.6) is 5.88 Å². The van der Waals surface area contributed by atoms with Gasteiger partial charge in [-0.1, -0.05) is 94.5 Å². The van der Waals surface area contributed by atoms with E-state index >= 15 is 0 Å². The highest BCUT2D eigenvalue weighted by Crippen LogP contribution is 2.08. The molecule has 0 N–H and O–H groups in total. The van der Waals surface area contributed by atoms with Gasteiger partial charge >= 0.3 is 0 Å². The summed E-state index contributed by atoms with van der Waals surface area (Å²) in [4.78, 5) is 3.94. The fourth-order valence-corrected chi connectivity index (χ4v) is 2.91. The Morgan fingerprint density at radius 3 is 1.30 bits per heavy atom. The lowest BCUT2D eigenvalue weighted by Gasteiger charge is -1.96. The second kappa shape index (κ2) is 15.7. The first kappa shape index (κ1) is 27.9. The van der Waals surface area contributed by atoms with Crippen molar-refractivity contribution in [3.8, 4) is 5.88 Å². The topological polar surface area (TPSA) is 22.1 Å². The number of hydrogen-bond donors (Lipinski definition) is 0. The van der Waals surface area contributed by atoms with Crippen LogP contribution in [0, 0.1) is 41.5 Å². The monoisotopic (exact) mass is 461 g/mol. The molecule has 3 aromatic carbocycles. The maximum Gasteiger partial charge on any atom is 0.213 e. The van der Waals surface area contributed by atoms with E-state index in [2.05, 4.69) is 81.2 Å². The molecule has 1 heterocycles. The number of aromatic nitrogens is 1. The highest BCUT2D eigenvalue weighted by Gasteiger charge is 1.88. The lowest BCUT2D eigenvalue weighted by molar-refractivity contribution is 0.397. The summed E-state index contributed by atoms with van der Waals surface area (Å²) in [6, 6.07) is 28.5. The minimum Gasteiger partial charge on any atom is -0.481 e. The van der Waals surface area contributed by atoms with Crippen LogP contribution in [-0.4, -0.2) is 12.1 Å². The third-order valence-corrected chi connectivity index (χ3v) is 4.71. The first-order chi connectivity index (χ1) is 15.7. The Hall–Kier alpha value is -3.10. The van der Waals surface area contributed by atoms with Gasteiger partial charge in [0.15, 0.2) is 0 Å². The molecule has 0 saturated carbocycles. The predicted molar refractivity (Wildman–Crippen MR) is 144 cm³/mol. The van der Waals surface area contributed by atoms with Crippen LogP contribution in [0.15, 0.2) is 91.1 Å². The van der Waals surface area contributed by atoms with Crippen molar-refractivity contribution in [2.24, 2.45) is 0 Å². The summed E-state index contributed by atoms with van der Waals surface area (Å²) in [5.74, 6) is 0.676. The van der Waals surface area contributed by atoms with Crippen LogP contribution < -0.4 is 4.74 Å². The Kier molecular flexibility index (Phi) is 13.3. The average Bonchev–Trinajstić information content (AvgIpc) is 2.77. The zero-order valence-corrected chi connectivity index (χ0v) is 21.6. The fourth-order valence-electron chi connectivity index (χ4n) is 2.67. The fraction of sp³-hybridized carbons (Fsp3) is 0.233. The third-order valence-electron chi connectivity index (χ3n) is 4.47. The van der Waals surface area contributed by atoms with Crippen LogP contribution in [0.25, 0.3) is 0 Å². The molecule has 0 aliphatic carbocycles. The van der Waals surface area contributed by atoms with Crippen molar-refractivity contribution in [2.45, 2.75) is 41.5 Å². The van der Waals surface area contributed by atoms with Crippen molar-refractivity contribution < 1.29 is 4.74 Å². The van der Waals surface area contributed by atoms with Crippen LogP contribution >= 0.6 is 11.6 Å². The summed E-state index contributed by atoms with van der Waals surface area (Å²) in [5, 5.41) is 0.810. The van der Waals surface area contributed by atoms with Gasteiger partial charge in [-0.2, -0.15) is 0 Å². The number of rotatable bonds is 1. The molecule has 4 rings (SSSR count). The Balaban J connectivity index is 0.000000220. The first-order valence-electron chi connectivity index (χ1n) is 10.9. The van der Waals surface area contributed by atoms with E-state index in [-0.39, 0.29) is 0 Å². The SMILES string of the molecule is COc1cc(C)ccn1.Cc1ccc(C)cc1.Cc1cccc(C)c1.Cc1cccc(Cl)c1. The van der Waals surface area contributed by atoms with Gasteiger partial charge in [0.25, 0.3) is 0 Å². The van der Waals surface area contributed by atoms with E-state index in [0.717, 1.165) is 5.02 Å². The maximum atomic E-state index is 5.64. The number of nitrogens with zero attached hydrogens (tertiary/aromatic N) is 1. The van der Waals surface area contributed by atoms with Crippen LogP contribution in [0.1, 0.15) is 33.4 Å². The number of pyridine rings is 1. The van der Waals surface area contributed by atoms with E-state index in [1.165, 1.54) is 33.4 Å². The van der Waals surface area contributed by atoms with E-state index in [0.29, 0.717) is 5.88 Å². The zero-order chi connectivity index (χ0) is 24.6. The quantitative estimate of drug-likeness (QED) is 0.283. The van der Waals surface area contributed by atoms with Gasteiger partial charge in [-0.05, 0) is 70.9 Å². The number of benzene rings is 3. The molecule has 2 nitrogen and oxygen atoms in total. The minimum atomic E-state index is 0.676. The smallest absolute Gasteiger partial charge is 0.213 e. The molecule has 1 aromatic heterocycles. The molecule has 0 unspecified atom stereocenters. The zero-order valence-electron chi connectivity index (χ0n) is 20.9. The maximum absolute atomic E-state index is 5.64. The van der Waals surface area contributed by atoms with Crippen molar-refractivity contribution in [1.29, 1.82) is 0 Å². The molecule has 0 spiro atoms. The highest BCUT2D eigenvalue weighted by atomic mass is 35.5. The van der Waals surface area contributed by atoms with E-state index in [4.69, 9.17) is 16.3 Å². The summed E-state index contributed by atoms with van der Waals surface area (Å²) in [5.41, 5.74) is 7.71. The second-order valence-corrected chi connectivity index (χ2v) is 8.42. The van der Waals surface area contributed by atoms with E-state index in [9.17, 15) is 0 Å². The average molecular weight is 462 g/mol. The van der Waals surface area contributed by atoms with Gasteiger partial charge in [0.05, 0.1) is 7.11 Å². The van der Waals surface area contributed by atoms with Crippen molar-refractivity contribution in [3.05, 3.63) is 130 Å². The molecular weight excluding hydrogens is 426 g/mol. The molecule has 33 heavy (non-hydrogen) atoms. The van der Waals surface area contributed by atoms with Gasteiger partial charge in [0, 0.05) is 17.3 Å². The minimum absolute atomic E-state index is 0.676. The Morgan fingerprint density at radius 2 is 1.00 bits per heavy atom. The third kappa shape index (κ3) is 13.8.